The molecule has 0 saturated carbocycles. The van der Waals surface area contributed by atoms with Crippen LogP contribution in [0.5, 0.6) is 0 Å². The summed E-state index contributed by atoms with van der Waals surface area (Å²) < 4.78 is 28.6. The number of anilines is 1. The maximum absolute atomic E-state index is 12.5. The van der Waals surface area contributed by atoms with Crippen LogP contribution in [0.3, 0.4) is 0 Å². The van der Waals surface area contributed by atoms with Gasteiger partial charge in [0.15, 0.2) is 9.84 Å². The predicted molar refractivity (Wildman–Crippen MR) is 100.0 cm³/mol. The lowest BCUT2D eigenvalue weighted by atomic mass is 10.1. The lowest BCUT2D eigenvalue weighted by molar-refractivity contribution is -0.116. The molecule has 1 aromatic heterocycles. The van der Waals surface area contributed by atoms with E-state index in [0.717, 1.165) is 5.69 Å². The Labute approximate surface area is 157 Å². The molecule has 3 rings (SSSR count). The van der Waals surface area contributed by atoms with Crippen molar-refractivity contribution >= 4 is 33.2 Å². The van der Waals surface area contributed by atoms with E-state index >= 15 is 0 Å². The zero-order chi connectivity index (χ0) is 18.6. The van der Waals surface area contributed by atoms with E-state index in [1.165, 1.54) is 11.8 Å². The summed E-state index contributed by atoms with van der Waals surface area (Å²) in [6.45, 7) is 2.50. The van der Waals surface area contributed by atoms with Crippen LogP contribution in [0.1, 0.15) is 19.2 Å². The Balaban J connectivity index is 1.53. The minimum atomic E-state index is -2.91. The molecule has 1 fully saturated rings. The molecular weight excluding hydrogens is 374 g/mol. The van der Waals surface area contributed by atoms with Gasteiger partial charge in [0.05, 0.1) is 17.3 Å². The van der Waals surface area contributed by atoms with Crippen molar-refractivity contribution in [3.05, 3.63) is 36.2 Å². The highest BCUT2D eigenvalue weighted by Crippen LogP contribution is 2.24. The standard InChI is InChI=1S/C17H21N3O4S2/c1-2-20(14-6-4-3-5-7-14)16(21)11-25-17-19-18-15(24-17)10-13-8-9-26(22,23)12-13/h3-7,13H,2,8-12H2,1H3. The summed E-state index contributed by atoms with van der Waals surface area (Å²) in [6.07, 6.45) is 1.10. The number of thioether (sulfide) groups is 1. The molecule has 1 amide bonds. The van der Waals surface area contributed by atoms with Crippen molar-refractivity contribution in [3.8, 4) is 0 Å². The summed E-state index contributed by atoms with van der Waals surface area (Å²) in [4.78, 5) is 14.2. The normalized spacial score (nSPS) is 18.7. The smallest absolute Gasteiger partial charge is 0.277 e. The minimum Gasteiger partial charge on any atom is -0.416 e. The summed E-state index contributed by atoms with van der Waals surface area (Å²) in [5.74, 6) is 1.03. The molecule has 1 aliphatic heterocycles. The third-order valence-corrected chi connectivity index (χ3v) is 6.88. The van der Waals surface area contributed by atoms with Gasteiger partial charge in [-0.15, -0.1) is 10.2 Å². The number of rotatable bonds is 7. The van der Waals surface area contributed by atoms with Gasteiger partial charge in [-0.3, -0.25) is 4.79 Å². The van der Waals surface area contributed by atoms with E-state index in [1.807, 2.05) is 37.3 Å². The van der Waals surface area contributed by atoms with Gasteiger partial charge in [0.1, 0.15) is 0 Å². The molecule has 1 aromatic carbocycles. The van der Waals surface area contributed by atoms with Crippen LogP contribution in [0.4, 0.5) is 5.69 Å². The average Bonchev–Trinajstić information content (AvgIpc) is 3.21. The van der Waals surface area contributed by atoms with E-state index in [0.29, 0.717) is 30.5 Å². The first-order chi connectivity index (χ1) is 12.5. The average molecular weight is 396 g/mol. The highest BCUT2D eigenvalue weighted by atomic mass is 32.2. The Morgan fingerprint density at radius 3 is 2.73 bits per heavy atom. The molecule has 140 valence electrons. The van der Waals surface area contributed by atoms with Gasteiger partial charge in [-0.1, -0.05) is 30.0 Å². The quantitative estimate of drug-likeness (QED) is 0.663. The van der Waals surface area contributed by atoms with Gasteiger partial charge in [0.25, 0.3) is 5.22 Å². The Hall–Kier alpha value is -1.87. The van der Waals surface area contributed by atoms with E-state index in [4.69, 9.17) is 4.42 Å². The van der Waals surface area contributed by atoms with Crippen LogP contribution in [-0.4, -0.2) is 48.3 Å². The number of carbonyl (C=O) groups is 1. The molecule has 1 aliphatic rings. The van der Waals surface area contributed by atoms with Crippen molar-refractivity contribution < 1.29 is 17.6 Å². The van der Waals surface area contributed by atoms with E-state index < -0.39 is 9.84 Å². The van der Waals surface area contributed by atoms with Gasteiger partial charge in [0.2, 0.25) is 11.8 Å². The summed E-state index contributed by atoms with van der Waals surface area (Å²) in [7, 11) is -2.91. The van der Waals surface area contributed by atoms with Gasteiger partial charge in [-0.05, 0) is 31.4 Å². The molecule has 0 spiro atoms. The molecule has 1 atom stereocenters. The van der Waals surface area contributed by atoms with Crippen LogP contribution in [0.15, 0.2) is 40.0 Å². The number of nitrogens with zero attached hydrogens (tertiary/aromatic N) is 3. The highest BCUT2D eigenvalue weighted by molar-refractivity contribution is 7.99. The predicted octanol–water partition coefficient (Wildman–Crippen LogP) is 2.19. The zero-order valence-corrected chi connectivity index (χ0v) is 16.1. The molecule has 7 nitrogen and oxygen atoms in total. The van der Waals surface area contributed by atoms with Crippen LogP contribution < -0.4 is 4.90 Å². The summed E-state index contributed by atoms with van der Waals surface area (Å²) in [6, 6.07) is 9.49. The Bertz CT molecular complexity index is 852. The maximum atomic E-state index is 12.5. The second kappa shape index (κ2) is 8.22. The summed E-state index contributed by atoms with van der Waals surface area (Å²) >= 11 is 1.20. The third-order valence-electron chi connectivity index (χ3n) is 4.24. The Kier molecular flexibility index (Phi) is 5.98. The fraction of sp³-hybridized carbons (Fsp3) is 0.471. The molecule has 1 saturated heterocycles. The van der Waals surface area contributed by atoms with Crippen LogP contribution in [0.25, 0.3) is 0 Å². The second-order valence-electron chi connectivity index (χ2n) is 6.20. The number of carbonyl (C=O) groups excluding carboxylic acids is 1. The number of para-hydroxylation sites is 1. The van der Waals surface area contributed by atoms with Crippen LogP contribution in [0.2, 0.25) is 0 Å². The lowest BCUT2D eigenvalue weighted by Crippen LogP contribution is -2.32. The van der Waals surface area contributed by atoms with Crippen LogP contribution in [-0.2, 0) is 21.1 Å². The van der Waals surface area contributed by atoms with E-state index in [9.17, 15) is 13.2 Å². The van der Waals surface area contributed by atoms with Crippen molar-refractivity contribution in [2.24, 2.45) is 5.92 Å². The molecule has 2 heterocycles. The molecule has 0 N–H and O–H groups in total. The molecule has 0 radical (unpaired) electrons. The fourth-order valence-corrected chi connectivity index (χ4v) is 5.49. The molecule has 9 heteroatoms. The maximum Gasteiger partial charge on any atom is 0.277 e. The number of hydrogen-bond acceptors (Lipinski definition) is 7. The van der Waals surface area contributed by atoms with Gasteiger partial charge in [0, 0.05) is 18.7 Å². The van der Waals surface area contributed by atoms with Crippen molar-refractivity contribution in [3.63, 3.8) is 0 Å². The van der Waals surface area contributed by atoms with Crippen LogP contribution >= 0.6 is 11.8 Å². The third kappa shape index (κ3) is 4.85. The molecule has 26 heavy (non-hydrogen) atoms. The fourth-order valence-electron chi connectivity index (χ4n) is 2.97. The van der Waals surface area contributed by atoms with Gasteiger partial charge in [-0.25, -0.2) is 8.42 Å². The second-order valence-corrected chi connectivity index (χ2v) is 9.35. The Morgan fingerprint density at radius 1 is 1.31 bits per heavy atom. The first-order valence-corrected chi connectivity index (χ1v) is 11.3. The van der Waals surface area contributed by atoms with Crippen LogP contribution in [0, 0.1) is 5.92 Å². The largest absolute Gasteiger partial charge is 0.416 e. The highest BCUT2D eigenvalue weighted by Gasteiger charge is 2.29. The van der Waals surface area contributed by atoms with Crippen molar-refractivity contribution in [1.82, 2.24) is 10.2 Å². The van der Waals surface area contributed by atoms with E-state index in [1.54, 1.807) is 4.90 Å². The molecule has 0 bridgehead atoms. The zero-order valence-electron chi connectivity index (χ0n) is 14.5. The Morgan fingerprint density at radius 2 is 2.08 bits per heavy atom. The topological polar surface area (TPSA) is 93.4 Å². The lowest BCUT2D eigenvalue weighted by Gasteiger charge is -2.20. The number of benzene rings is 1. The van der Waals surface area contributed by atoms with Gasteiger partial charge in [-0.2, -0.15) is 0 Å². The molecule has 1 unspecified atom stereocenters. The number of hydrogen-bond donors (Lipinski definition) is 0. The first-order valence-electron chi connectivity index (χ1n) is 8.48. The number of aromatic nitrogens is 2. The molecular formula is C17H21N3O4S2. The van der Waals surface area contributed by atoms with E-state index in [-0.39, 0.29) is 29.1 Å². The monoisotopic (exact) mass is 395 g/mol. The first kappa shape index (κ1) is 18.9. The van der Waals surface area contributed by atoms with E-state index in [2.05, 4.69) is 10.2 Å². The minimum absolute atomic E-state index is 0.0357. The van der Waals surface area contributed by atoms with Gasteiger partial charge >= 0.3 is 0 Å². The molecule has 0 aliphatic carbocycles. The number of amides is 1. The van der Waals surface area contributed by atoms with Gasteiger partial charge < -0.3 is 9.32 Å². The van der Waals surface area contributed by atoms with Crippen molar-refractivity contribution in [1.29, 1.82) is 0 Å². The summed E-state index contributed by atoms with van der Waals surface area (Å²) in [5, 5.41) is 8.25. The van der Waals surface area contributed by atoms with Crippen molar-refractivity contribution in [2.75, 3.05) is 28.7 Å². The molecule has 2 aromatic rings. The van der Waals surface area contributed by atoms with Crippen molar-refractivity contribution in [2.45, 2.75) is 25.0 Å². The summed E-state index contributed by atoms with van der Waals surface area (Å²) in [5.41, 5.74) is 0.856. The SMILES string of the molecule is CCN(C(=O)CSc1nnc(CC2CCS(=O)(=O)C2)o1)c1ccccc1. The number of sulfone groups is 1.